The first-order valence-electron chi connectivity index (χ1n) is 6.11. The van der Waals surface area contributed by atoms with E-state index in [2.05, 4.69) is 5.32 Å². The van der Waals surface area contributed by atoms with Crippen LogP contribution in [0.2, 0.25) is 0 Å². The predicted molar refractivity (Wildman–Crippen MR) is 69.7 cm³/mol. The lowest BCUT2D eigenvalue weighted by Gasteiger charge is -2.08. The number of sulfonamides is 1. The highest BCUT2D eigenvalue weighted by Crippen LogP contribution is 2.18. The molecule has 0 aliphatic heterocycles. The molecule has 2 rings (SSSR count). The molecule has 1 aliphatic carbocycles. The number of hydrogen-bond donors (Lipinski definition) is 3. The maximum atomic E-state index is 13.7. The molecule has 1 aliphatic rings. The van der Waals surface area contributed by atoms with Crippen LogP contribution < -0.4 is 10.0 Å². The van der Waals surface area contributed by atoms with Crippen LogP contribution in [-0.4, -0.2) is 38.0 Å². The smallest absolute Gasteiger partial charge is 0.335 e. The number of carbonyl (C=O) groups is 2. The van der Waals surface area contributed by atoms with Crippen molar-refractivity contribution in [2.75, 3.05) is 6.54 Å². The average Bonchev–Trinajstić information content (AvgIpc) is 3.20. The lowest BCUT2D eigenvalue weighted by atomic mass is 10.2. The molecule has 0 spiro atoms. The Labute approximate surface area is 120 Å². The molecule has 9 heteroatoms. The molecule has 1 saturated carbocycles. The van der Waals surface area contributed by atoms with Gasteiger partial charge in [-0.15, -0.1) is 0 Å². The van der Waals surface area contributed by atoms with Gasteiger partial charge in [-0.05, 0) is 31.0 Å². The third kappa shape index (κ3) is 3.99. The zero-order chi connectivity index (χ0) is 15.6. The fraction of sp³-hybridized carbons (Fsp3) is 0.333. The van der Waals surface area contributed by atoms with Crippen LogP contribution in [0.4, 0.5) is 4.39 Å². The van der Waals surface area contributed by atoms with E-state index in [0.717, 1.165) is 25.0 Å². The first kappa shape index (κ1) is 15.4. The van der Waals surface area contributed by atoms with E-state index in [4.69, 9.17) is 5.11 Å². The zero-order valence-electron chi connectivity index (χ0n) is 10.8. The van der Waals surface area contributed by atoms with Gasteiger partial charge in [0.1, 0.15) is 10.7 Å². The Morgan fingerprint density at radius 2 is 2.00 bits per heavy atom. The molecule has 7 nitrogen and oxygen atoms in total. The van der Waals surface area contributed by atoms with Gasteiger partial charge in [-0.2, -0.15) is 0 Å². The van der Waals surface area contributed by atoms with Crippen molar-refractivity contribution in [2.24, 2.45) is 0 Å². The molecule has 0 saturated heterocycles. The average molecular weight is 316 g/mol. The quantitative estimate of drug-likeness (QED) is 0.688. The minimum atomic E-state index is -4.22. The number of nitrogens with one attached hydrogen (secondary N) is 2. The molecular formula is C12H13FN2O5S. The lowest BCUT2D eigenvalue weighted by Crippen LogP contribution is -2.38. The fourth-order valence-electron chi connectivity index (χ4n) is 1.60. The van der Waals surface area contributed by atoms with Gasteiger partial charge < -0.3 is 10.4 Å². The van der Waals surface area contributed by atoms with Crippen molar-refractivity contribution >= 4 is 21.9 Å². The maximum Gasteiger partial charge on any atom is 0.335 e. The van der Waals surface area contributed by atoms with Gasteiger partial charge >= 0.3 is 5.97 Å². The number of aromatic carboxylic acids is 1. The Balaban J connectivity index is 2.07. The highest BCUT2D eigenvalue weighted by Gasteiger charge is 2.25. The number of amides is 1. The fourth-order valence-corrected chi connectivity index (χ4v) is 2.64. The Morgan fingerprint density at radius 3 is 2.52 bits per heavy atom. The highest BCUT2D eigenvalue weighted by molar-refractivity contribution is 7.89. The molecule has 1 fully saturated rings. The van der Waals surface area contributed by atoms with Crippen molar-refractivity contribution in [3.63, 3.8) is 0 Å². The van der Waals surface area contributed by atoms with E-state index in [1.54, 1.807) is 0 Å². The molecule has 1 aromatic carbocycles. The predicted octanol–water partition coefficient (Wildman–Crippen LogP) is 0.0808. The third-order valence-corrected chi connectivity index (χ3v) is 4.27. The molecule has 0 bridgehead atoms. The normalized spacial score (nSPS) is 14.7. The molecule has 0 radical (unpaired) electrons. The SMILES string of the molecule is O=C(CNS(=O)(=O)c1ccc(C(=O)O)cc1F)NC1CC1. The molecule has 1 aromatic rings. The summed E-state index contributed by atoms with van der Waals surface area (Å²) < 4.78 is 39.4. The summed E-state index contributed by atoms with van der Waals surface area (Å²) >= 11 is 0. The van der Waals surface area contributed by atoms with Crippen molar-refractivity contribution < 1.29 is 27.5 Å². The second kappa shape index (κ2) is 5.78. The van der Waals surface area contributed by atoms with Gasteiger partial charge in [0.25, 0.3) is 0 Å². The summed E-state index contributed by atoms with van der Waals surface area (Å²) in [6.45, 7) is -0.501. The molecular weight excluding hydrogens is 303 g/mol. The van der Waals surface area contributed by atoms with Crippen LogP contribution in [0.3, 0.4) is 0 Å². The molecule has 0 atom stereocenters. The third-order valence-electron chi connectivity index (χ3n) is 2.83. The van der Waals surface area contributed by atoms with Crippen molar-refractivity contribution in [3.05, 3.63) is 29.6 Å². The summed E-state index contributed by atoms with van der Waals surface area (Å²) in [5, 5.41) is 11.3. The van der Waals surface area contributed by atoms with Crippen LogP contribution >= 0.6 is 0 Å². The second-order valence-electron chi connectivity index (χ2n) is 4.62. The van der Waals surface area contributed by atoms with Crippen LogP contribution in [0.25, 0.3) is 0 Å². The molecule has 1 amide bonds. The van der Waals surface area contributed by atoms with Crippen LogP contribution in [0.15, 0.2) is 23.1 Å². The monoisotopic (exact) mass is 316 g/mol. The van der Waals surface area contributed by atoms with E-state index in [1.165, 1.54) is 0 Å². The summed E-state index contributed by atoms with van der Waals surface area (Å²) in [5.74, 6) is -3.05. The number of rotatable bonds is 6. The first-order chi connectivity index (χ1) is 9.79. The summed E-state index contributed by atoms with van der Waals surface area (Å²) in [6.07, 6.45) is 1.73. The summed E-state index contributed by atoms with van der Waals surface area (Å²) in [7, 11) is -4.22. The largest absolute Gasteiger partial charge is 0.478 e. The van der Waals surface area contributed by atoms with E-state index in [-0.39, 0.29) is 11.6 Å². The van der Waals surface area contributed by atoms with E-state index in [9.17, 15) is 22.4 Å². The minimum Gasteiger partial charge on any atom is -0.478 e. The minimum absolute atomic E-state index is 0.0913. The Hall–Kier alpha value is -2.00. The van der Waals surface area contributed by atoms with Crippen molar-refractivity contribution in [1.82, 2.24) is 10.0 Å². The topological polar surface area (TPSA) is 113 Å². The number of halogens is 1. The van der Waals surface area contributed by atoms with Gasteiger partial charge in [0.2, 0.25) is 15.9 Å². The van der Waals surface area contributed by atoms with Gasteiger partial charge in [-0.3, -0.25) is 4.79 Å². The number of carboxylic acid groups (broad SMARTS) is 1. The Bertz CT molecular complexity index is 685. The second-order valence-corrected chi connectivity index (χ2v) is 6.35. The van der Waals surface area contributed by atoms with E-state index in [0.29, 0.717) is 6.07 Å². The summed E-state index contributed by atoms with van der Waals surface area (Å²) in [4.78, 5) is 21.3. The van der Waals surface area contributed by atoms with Crippen molar-refractivity contribution in [3.8, 4) is 0 Å². The van der Waals surface area contributed by atoms with E-state index in [1.807, 2.05) is 4.72 Å². The van der Waals surface area contributed by atoms with Crippen molar-refractivity contribution in [2.45, 2.75) is 23.8 Å². The van der Waals surface area contributed by atoms with Crippen LogP contribution in [0.5, 0.6) is 0 Å². The maximum absolute atomic E-state index is 13.7. The number of hydrogen-bond acceptors (Lipinski definition) is 4. The van der Waals surface area contributed by atoms with Gasteiger partial charge in [-0.1, -0.05) is 0 Å². The standard InChI is InChI=1S/C12H13FN2O5S/c13-9-5-7(12(17)18)1-4-10(9)21(19,20)14-6-11(16)15-8-2-3-8/h1,4-5,8,14H,2-3,6H2,(H,15,16)(H,17,18). The van der Waals surface area contributed by atoms with Crippen LogP contribution in [0.1, 0.15) is 23.2 Å². The van der Waals surface area contributed by atoms with Crippen LogP contribution in [-0.2, 0) is 14.8 Å². The molecule has 0 aromatic heterocycles. The van der Waals surface area contributed by atoms with Gasteiger partial charge in [0.05, 0.1) is 12.1 Å². The van der Waals surface area contributed by atoms with Gasteiger partial charge in [-0.25, -0.2) is 22.3 Å². The molecule has 114 valence electrons. The first-order valence-corrected chi connectivity index (χ1v) is 7.60. The molecule has 3 N–H and O–H groups in total. The lowest BCUT2D eigenvalue weighted by molar-refractivity contribution is -0.120. The number of benzene rings is 1. The molecule has 0 heterocycles. The Morgan fingerprint density at radius 1 is 1.33 bits per heavy atom. The van der Waals surface area contributed by atoms with Gasteiger partial charge in [0, 0.05) is 6.04 Å². The summed E-state index contributed by atoms with van der Waals surface area (Å²) in [6, 6.07) is 2.53. The number of carbonyl (C=O) groups excluding carboxylic acids is 1. The zero-order valence-corrected chi connectivity index (χ0v) is 11.6. The van der Waals surface area contributed by atoms with E-state index < -0.39 is 39.2 Å². The van der Waals surface area contributed by atoms with Gasteiger partial charge in [0.15, 0.2) is 0 Å². The summed E-state index contributed by atoms with van der Waals surface area (Å²) in [5.41, 5.74) is -0.363. The molecule has 21 heavy (non-hydrogen) atoms. The van der Waals surface area contributed by atoms with E-state index >= 15 is 0 Å². The molecule has 0 unspecified atom stereocenters. The van der Waals surface area contributed by atoms with Crippen LogP contribution in [0, 0.1) is 5.82 Å². The van der Waals surface area contributed by atoms with Crippen molar-refractivity contribution in [1.29, 1.82) is 0 Å². The Kier molecular flexibility index (Phi) is 4.24. The number of carboxylic acids is 1. The highest BCUT2D eigenvalue weighted by atomic mass is 32.2.